The second-order valence-corrected chi connectivity index (χ2v) is 3.52. The average Bonchev–Trinajstić information content (AvgIpc) is 2.45. The Balaban J connectivity index is 2.83. The van der Waals surface area contributed by atoms with E-state index in [1.54, 1.807) is 4.09 Å². The van der Waals surface area contributed by atoms with Crippen LogP contribution in [-0.4, -0.2) is 9.07 Å². The zero-order valence-corrected chi connectivity index (χ0v) is 8.60. The number of nitrogens with zero attached hydrogens (tertiary/aromatic N) is 2. The average molecular weight is 215 g/mol. The Labute approximate surface area is 86.2 Å². The fraction of sp³-hybridized carbons (Fsp3) is 0.222. The van der Waals surface area contributed by atoms with Gasteiger partial charge in [-0.2, -0.15) is 0 Å². The van der Waals surface area contributed by atoms with E-state index in [0.29, 0.717) is 5.02 Å². The highest BCUT2D eigenvalue weighted by Gasteiger charge is 2.09. The molecule has 0 saturated carbocycles. The maximum atomic E-state index is 6.02. The lowest BCUT2D eigenvalue weighted by atomic mass is 10.3. The number of aromatic nitrogens is 2. The first-order valence-electron chi connectivity index (χ1n) is 4.06. The zero-order chi connectivity index (χ0) is 9.42. The van der Waals surface area contributed by atoms with Crippen molar-refractivity contribution in [2.24, 2.45) is 0 Å². The third kappa shape index (κ3) is 1.30. The monoisotopic (exact) mass is 214 g/mol. The molecule has 0 fully saturated rings. The van der Waals surface area contributed by atoms with Gasteiger partial charge in [0.2, 0.25) is 0 Å². The number of fused-ring (bicyclic) bond motifs is 1. The minimum absolute atomic E-state index is 0.645. The molecule has 13 heavy (non-hydrogen) atoms. The van der Waals surface area contributed by atoms with Crippen molar-refractivity contribution in [3.05, 3.63) is 29.0 Å². The molecule has 0 unspecified atom stereocenters. The quantitative estimate of drug-likeness (QED) is 0.713. The standard InChI is InChI=1S/C9H8Cl2N2/c1-2-8-12-9-6(10)4-3-5-7(9)13(8)11/h3-5H,2H2,1H3. The fourth-order valence-electron chi connectivity index (χ4n) is 1.30. The summed E-state index contributed by atoms with van der Waals surface area (Å²) >= 11 is 12.0. The van der Waals surface area contributed by atoms with Crippen molar-refractivity contribution >= 4 is 34.4 Å². The highest BCUT2D eigenvalue weighted by Crippen LogP contribution is 2.24. The van der Waals surface area contributed by atoms with Gasteiger partial charge < -0.3 is 0 Å². The Morgan fingerprint density at radius 3 is 2.85 bits per heavy atom. The molecule has 0 aliphatic rings. The topological polar surface area (TPSA) is 17.8 Å². The van der Waals surface area contributed by atoms with Crippen LogP contribution in [0.5, 0.6) is 0 Å². The Hall–Kier alpha value is -0.730. The van der Waals surface area contributed by atoms with Crippen LogP contribution in [0.1, 0.15) is 12.7 Å². The number of imidazole rings is 1. The highest BCUT2D eigenvalue weighted by molar-refractivity contribution is 6.35. The third-order valence-corrected chi connectivity index (χ3v) is 2.64. The van der Waals surface area contributed by atoms with E-state index in [-0.39, 0.29) is 0 Å². The molecular weight excluding hydrogens is 207 g/mol. The molecule has 2 rings (SSSR count). The van der Waals surface area contributed by atoms with Crippen LogP contribution in [-0.2, 0) is 6.42 Å². The van der Waals surface area contributed by atoms with Gasteiger partial charge in [-0.1, -0.05) is 24.6 Å². The van der Waals surface area contributed by atoms with Crippen molar-refractivity contribution in [3.63, 3.8) is 0 Å². The normalized spacial score (nSPS) is 11.0. The van der Waals surface area contributed by atoms with Gasteiger partial charge in [0, 0.05) is 18.2 Å². The van der Waals surface area contributed by atoms with Gasteiger partial charge in [-0.05, 0) is 12.1 Å². The summed E-state index contributed by atoms with van der Waals surface area (Å²) in [7, 11) is 0. The maximum absolute atomic E-state index is 6.02. The number of hydrogen-bond donors (Lipinski definition) is 0. The molecule has 0 N–H and O–H groups in total. The van der Waals surface area contributed by atoms with Crippen LogP contribution in [0.15, 0.2) is 18.2 Å². The largest absolute Gasteiger partial charge is 0.238 e. The van der Waals surface area contributed by atoms with Gasteiger partial charge >= 0.3 is 0 Å². The first kappa shape index (κ1) is 8.85. The van der Waals surface area contributed by atoms with E-state index in [1.165, 1.54) is 0 Å². The van der Waals surface area contributed by atoms with Crippen molar-refractivity contribution in [1.82, 2.24) is 9.07 Å². The summed E-state index contributed by atoms with van der Waals surface area (Å²) in [6, 6.07) is 5.58. The van der Waals surface area contributed by atoms with Crippen LogP contribution in [0, 0.1) is 0 Å². The summed E-state index contributed by atoms with van der Waals surface area (Å²) in [5.74, 6) is 0.838. The molecule has 0 amide bonds. The Morgan fingerprint density at radius 2 is 2.23 bits per heavy atom. The van der Waals surface area contributed by atoms with Crippen LogP contribution in [0.3, 0.4) is 0 Å². The molecular formula is C9H8Cl2N2. The molecule has 1 heterocycles. The number of aryl methyl sites for hydroxylation is 1. The number of para-hydroxylation sites is 1. The lowest BCUT2D eigenvalue weighted by Crippen LogP contribution is -1.88. The maximum Gasteiger partial charge on any atom is 0.124 e. The Bertz CT molecular complexity index is 448. The molecule has 68 valence electrons. The molecule has 0 atom stereocenters. The van der Waals surface area contributed by atoms with E-state index in [2.05, 4.69) is 4.98 Å². The van der Waals surface area contributed by atoms with Crippen molar-refractivity contribution in [1.29, 1.82) is 0 Å². The fourth-order valence-corrected chi connectivity index (χ4v) is 1.81. The molecule has 0 aliphatic carbocycles. The summed E-state index contributed by atoms with van der Waals surface area (Å²) in [5.41, 5.74) is 1.64. The molecule has 0 radical (unpaired) electrons. The first-order valence-corrected chi connectivity index (χ1v) is 4.77. The van der Waals surface area contributed by atoms with Gasteiger partial charge in [0.25, 0.3) is 0 Å². The third-order valence-electron chi connectivity index (χ3n) is 1.96. The predicted octanol–water partition coefficient (Wildman–Crippen LogP) is 3.25. The van der Waals surface area contributed by atoms with E-state index >= 15 is 0 Å². The van der Waals surface area contributed by atoms with Gasteiger partial charge in [-0.3, -0.25) is 0 Å². The van der Waals surface area contributed by atoms with E-state index in [4.69, 9.17) is 23.4 Å². The molecule has 1 aromatic heterocycles. The van der Waals surface area contributed by atoms with E-state index < -0.39 is 0 Å². The van der Waals surface area contributed by atoms with Crippen LogP contribution in [0.4, 0.5) is 0 Å². The summed E-state index contributed by atoms with van der Waals surface area (Å²) in [5, 5.41) is 0.645. The SMILES string of the molecule is CCc1nc2c(Cl)cccc2n1Cl. The van der Waals surface area contributed by atoms with Gasteiger partial charge in [-0.15, -0.1) is 0 Å². The minimum atomic E-state index is 0.645. The van der Waals surface area contributed by atoms with Crippen molar-refractivity contribution < 1.29 is 0 Å². The summed E-state index contributed by atoms with van der Waals surface area (Å²) in [6.07, 6.45) is 0.800. The molecule has 4 heteroatoms. The van der Waals surface area contributed by atoms with Gasteiger partial charge in [0.05, 0.1) is 10.5 Å². The second-order valence-electron chi connectivity index (χ2n) is 2.77. The smallest absolute Gasteiger partial charge is 0.124 e. The van der Waals surface area contributed by atoms with E-state index in [9.17, 15) is 0 Å². The minimum Gasteiger partial charge on any atom is -0.238 e. The molecule has 2 aromatic rings. The van der Waals surface area contributed by atoms with E-state index in [1.807, 2.05) is 25.1 Å². The highest BCUT2D eigenvalue weighted by atomic mass is 35.5. The van der Waals surface area contributed by atoms with Crippen LogP contribution in [0.2, 0.25) is 5.02 Å². The summed E-state index contributed by atoms with van der Waals surface area (Å²) < 4.78 is 1.56. The van der Waals surface area contributed by atoms with Crippen molar-refractivity contribution in [2.45, 2.75) is 13.3 Å². The van der Waals surface area contributed by atoms with Crippen molar-refractivity contribution in [2.75, 3.05) is 0 Å². The Kier molecular flexibility index (Phi) is 2.18. The second kappa shape index (κ2) is 3.20. The summed E-state index contributed by atoms with van der Waals surface area (Å²) in [4.78, 5) is 4.33. The molecule has 0 spiro atoms. The molecule has 0 aliphatic heterocycles. The van der Waals surface area contributed by atoms with Crippen LogP contribution >= 0.6 is 23.4 Å². The van der Waals surface area contributed by atoms with Gasteiger partial charge in [-0.25, -0.2) is 9.07 Å². The molecule has 0 saturated heterocycles. The number of halogens is 2. The molecule has 1 aromatic carbocycles. The first-order chi connectivity index (χ1) is 6.24. The van der Waals surface area contributed by atoms with Gasteiger partial charge in [0.1, 0.15) is 11.3 Å². The lowest BCUT2D eigenvalue weighted by molar-refractivity contribution is 0.965. The van der Waals surface area contributed by atoms with Crippen molar-refractivity contribution in [3.8, 4) is 0 Å². The number of rotatable bonds is 1. The zero-order valence-electron chi connectivity index (χ0n) is 7.09. The van der Waals surface area contributed by atoms with Crippen LogP contribution < -0.4 is 0 Å². The Morgan fingerprint density at radius 1 is 1.46 bits per heavy atom. The number of benzene rings is 1. The van der Waals surface area contributed by atoms with Crippen LogP contribution in [0.25, 0.3) is 11.0 Å². The summed E-state index contributed by atoms with van der Waals surface area (Å²) in [6.45, 7) is 2.01. The predicted molar refractivity (Wildman–Crippen MR) is 55.4 cm³/mol. The molecule has 2 nitrogen and oxygen atoms in total. The molecule has 0 bridgehead atoms. The number of hydrogen-bond acceptors (Lipinski definition) is 1. The lowest BCUT2D eigenvalue weighted by Gasteiger charge is -1.93. The van der Waals surface area contributed by atoms with Gasteiger partial charge in [0.15, 0.2) is 0 Å². The van der Waals surface area contributed by atoms with E-state index in [0.717, 1.165) is 23.3 Å².